The monoisotopic (exact) mass is 309 g/mol. The molecular formula is C13H12FN3O3S. The molecule has 3 N–H and O–H groups in total. The van der Waals surface area contributed by atoms with Gasteiger partial charge in [-0.2, -0.15) is 0 Å². The number of nitrogens with zero attached hydrogens (tertiary/aromatic N) is 1. The second kappa shape index (κ2) is 6.31. The minimum absolute atomic E-state index is 0.0576. The highest BCUT2D eigenvalue weighted by Crippen LogP contribution is 2.13. The molecule has 0 spiro atoms. The average molecular weight is 309 g/mol. The molecule has 1 heterocycles. The van der Waals surface area contributed by atoms with E-state index in [0.29, 0.717) is 16.3 Å². The number of hydrogen-bond donors (Lipinski definition) is 3. The number of aryl methyl sites for hydroxylation is 1. The molecule has 2 aromatic rings. The van der Waals surface area contributed by atoms with Crippen molar-refractivity contribution in [1.82, 2.24) is 10.3 Å². The van der Waals surface area contributed by atoms with Crippen LogP contribution in [0.15, 0.2) is 23.6 Å². The fraction of sp³-hybridized carbons (Fsp3) is 0.154. The van der Waals surface area contributed by atoms with Gasteiger partial charge in [-0.1, -0.05) is 6.07 Å². The second-order valence-electron chi connectivity index (χ2n) is 4.20. The van der Waals surface area contributed by atoms with Gasteiger partial charge in [-0.25, -0.2) is 19.0 Å². The Morgan fingerprint density at radius 2 is 2.19 bits per heavy atom. The molecule has 0 radical (unpaired) electrons. The summed E-state index contributed by atoms with van der Waals surface area (Å²) < 4.78 is 13.3. The van der Waals surface area contributed by atoms with E-state index in [1.165, 1.54) is 11.4 Å². The summed E-state index contributed by atoms with van der Waals surface area (Å²) in [4.78, 5) is 26.1. The number of anilines is 1. The zero-order chi connectivity index (χ0) is 15.4. The van der Waals surface area contributed by atoms with Gasteiger partial charge in [-0.15, -0.1) is 11.3 Å². The molecule has 2 rings (SSSR count). The maximum atomic E-state index is 13.3. The zero-order valence-electron chi connectivity index (χ0n) is 11.0. The van der Waals surface area contributed by atoms with E-state index in [4.69, 9.17) is 5.11 Å². The van der Waals surface area contributed by atoms with Crippen molar-refractivity contribution < 1.29 is 19.1 Å². The number of benzene rings is 1. The Hall–Kier alpha value is -2.48. The van der Waals surface area contributed by atoms with Gasteiger partial charge in [-0.05, 0) is 24.6 Å². The van der Waals surface area contributed by atoms with Gasteiger partial charge in [0.2, 0.25) is 0 Å². The van der Waals surface area contributed by atoms with Crippen molar-refractivity contribution in [1.29, 1.82) is 0 Å². The Bertz CT molecular complexity index is 687. The van der Waals surface area contributed by atoms with Crippen molar-refractivity contribution in [3.05, 3.63) is 45.7 Å². The van der Waals surface area contributed by atoms with E-state index >= 15 is 0 Å². The lowest BCUT2D eigenvalue weighted by molar-refractivity contribution is 0.0691. The molecule has 21 heavy (non-hydrogen) atoms. The molecule has 0 saturated heterocycles. The quantitative estimate of drug-likeness (QED) is 0.809. The molecule has 0 aliphatic rings. The number of nitrogens with one attached hydrogen (secondary N) is 2. The van der Waals surface area contributed by atoms with Crippen LogP contribution < -0.4 is 10.6 Å². The lowest BCUT2D eigenvalue weighted by Gasteiger charge is -2.07. The van der Waals surface area contributed by atoms with Crippen LogP contribution >= 0.6 is 11.3 Å². The van der Waals surface area contributed by atoms with Crippen molar-refractivity contribution in [3.63, 3.8) is 0 Å². The Balaban J connectivity index is 1.89. The number of hydrogen-bond acceptors (Lipinski definition) is 4. The number of halogens is 1. The van der Waals surface area contributed by atoms with Crippen LogP contribution in [0.1, 0.15) is 21.1 Å². The molecule has 0 atom stereocenters. The zero-order valence-corrected chi connectivity index (χ0v) is 11.8. The first kappa shape index (κ1) is 14.9. The van der Waals surface area contributed by atoms with E-state index < -0.39 is 17.8 Å². The molecule has 110 valence electrons. The number of aromatic nitrogens is 1. The van der Waals surface area contributed by atoms with Crippen LogP contribution in [0.25, 0.3) is 0 Å². The first-order chi connectivity index (χ1) is 9.95. The van der Waals surface area contributed by atoms with Gasteiger partial charge in [0.05, 0.1) is 6.54 Å². The molecule has 0 bridgehead atoms. The Morgan fingerprint density at radius 3 is 2.81 bits per heavy atom. The largest absolute Gasteiger partial charge is 0.476 e. The third kappa shape index (κ3) is 3.99. The standard InChI is InChI=1S/C13H12FN3O3S/c1-7-2-3-8(4-9(7)14)16-13(20)15-5-11-17-10(6-21-11)12(18)19/h2-4,6H,5H2,1H3,(H,18,19)(H2,15,16,20). The van der Waals surface area contributed by atoms with E-state index in [2.05, 4.69) is 15.6 Å². The molecule has 0 aliphatic heterocycles. The van der Waals surface area contributed by atoms with E-state index in [-0.39, 0.29) is 12.2 Å². The predicted octanol–water partition coefficient (Wildman–Crippen LogP) is 2.61. The first-order valence-corrected chi connectivity index (χ1v) is 6.82. The summed E-state index contributed by atoms with van der Waals surface area (Å²) in [6, 6.07) is 3.85. The summed E-state index contributed by atoms with van der Waals surface area (Å²) in [6.45, 7) is 1.72. The number of amides is 2. The van der Waals surface area contributed by atoms with Gasteiger partial charge in [0, 0.05) is 11.1 Å². The summed E-state index contributed by atoms with van der Waals surface area (Å²) in [5, 5.41) is 15.6. The number of rotatable bonds is 4. The number of thiazole rings is 1. The van der Waals surface area contributed by atoms with E-state index in [1.54, 1.807) is 19.1 Å². The number of carbonyl (C=O) groups excluding carboxylic acids is 1. The molecule has 6 nitrogen and oxygen atoms in total. The summed E-state index contributed by atoms with van der Waals surface area (Å²) >= 11 is 1.14. The van der Waals surface area contributed by atoms with E-state index in [9.17, 15) is 14.0 Å². The van der Waals surface area contributed by atoms with Crippen LogP contribution in [0.4, 0.5) is 14.9 Å². The number of urea groups is 1. The molecule has 0 aliphatic carbocycles. The molecule has 0 saturated carbocycles. The normalized spacial score (nSPS) is 10.2. The second-order valence-corrected chi connectivity index (χ2v) is 5.15. The van der Waals surface area contributed by atoms with Gasteiger partial charge >= 0.3 is 12.0 Å². The summed E-state index contributed by atoms with van der Waals surface area (Å²) in [7, 11) is 0. The van der Waals surface area contributed by atoms with Gasteiger partial charge < -0.3 is 15.7 Å². The van der Waals surface area contributed by atoms with E-state index in [0.717, 1.165) is 11.3 Å². The molecule has 0 unspecified atom stereocenters. The fourth-order valence-electron chi connectivity index (χ4n) is 1.49. The van der Waals surface area contributed by atoms with Crippen molar-refractivity contribution in [2.75, 3.05) is 5.32 Å². The minimum Gasteiger partial charge on any atom is -0.476 e. The highest BCUT2D eigenvalue weighted by Gasteiger charge is 2.10. The number of carboxylic acids is 1. The maximum absolute atomic E-state index is 13.3. The van der Waals surface area contributed by atoms with Crippen molar-refractivity contribution in [2.24, 2.45) is 0 Å². The van der Waals surface area contributed by atoms with E-state index in [1.807, 2.05) is 0 Å². The first-order valence-electron chi connectivity index (χ1n) is 5.94. The van der Waals surface area contributed by atoms with Gasteiger partial charge in [0.15, 0.2) is 5.69 Å². The lowest BCUT2D eigenvalue weighted by Crippen LogP contribution is -2.28. The molecule has 1 aromatic carbocycles. The fourth-order valence-corrected chi connectivity index (χ4v) is 2.20. The third-order valence-corrected chi connectivity index (χ3v) is 3.45. The molecule has 0 fully saturated rings. The summed E-state index contributed by atoms with van der Waals surface area (Å²) in [6.07, 6.45) is 0. The van der Waals surface area contributed by atoms with Crippen LogP contribution in [-0.4, -0.2) is 22.1 Å². The Morgan fingerprint density at radius 1 is 1.43 bits per heavy atom. The highest BCUT2D eigenvalue weighted by atomic mass is 32.1. The molecule has 8 heteroatoms. The van der Waals surface area contributed by atoms with Crippen LogP contribution in [0.2, 0.25) is 0 Å². The predicted molar refractivity (Wildman–Crippen MR) is 76.1 cm³/mol. The van der Waals surface area contributed by atoms with Gasteiger partial charge in [0.25, 0.3) is 0 Å². The topological polar surface area (TPSA) is 91.3 Å². The van der Waals surface area contributed by atoms with Gasteiger partial charge in [0.1, 0.15) is 10.8 Å². The van der Waals surface area contributed by atoms with Crippen LogP contribution in [-0.2, 0) is 6.54 Å². The van der Waals surface area contributed by atoms with Gasteiger partial charge in [-0.3, -0.25) is 0 Å². The Labute approximate surface area is 123 Å². The average Bonchev–Trinajstić information content (AvgIpc) is 2.90. The highest BCUT2D eigenvalue weighted by molar-refractivity contribution is 7.09. The van der Waals surface area contributed by atoms with Crippen molar-refractivity contribution in [2.45, 2.75) is 13.5 Å². The SMILES string of the molecule is Cc1ccc(NC(=O)NCc2nc(C(=O)O)cs2)cc1F. The maximum Gasteiger partial charge on any atom is 0.355 e. The van der Waals surface area contributed by atoms with Crippen LogP contribution in [0.5, 0.6) is 0 Å². The van der Waals surface area contributed by atoms with Crippen LogP contribution in [0, 0.1) is 12.7 Å². The minimum atomic E-state index is -1.11. The number of carbonyl (C=O) groups is 2. The number of carboxylic acid groups (broad SMARTS) is 1. The van der Waals surface area contributed by atoms with Crippen molar-refractivity contribution in [3.8, 4) is 0 Å². The molecule has 1 aromatic heterocycles. The number of aromatic carboxylic acids is 1. The molecule has 2 amide bonds. The molecular weight excluding hydrogens is 297 g/mol. The Kier molecular flexibility index (Phi) is 4.49. The smallest absolute Gasteiger partial charge is 0.355 e. The summed E-state index contributed by atoms with van der Waals surface area (Å²) in [5.74, 6) is -1.52. The van der Waals surface area contributed by atoms with Crippen LogP contribution in [0.3, 0.4) is 0 Å². The lowest BCUT2D eigenvalue weighted by atomic mass is 10.2. The third-order valence-electron chi connectivity index (χ3n) is 2.60. The summed E-state index contributed by atoms with van der Waals surface area (Å²) in [5.41, 5.74) is 0.767. The van der Waals surface area contributed by atoms with Crippen molar-refractivity contribution >= 4 is 29.0 Å².